The normalized spacial score (nSPS) is 12.3. The van der Waals surface area contributed by atoms with Gasteiger partial charge in [0.1, 0.15) is 0 Å². The van der Waals surface area contributed by atoms with Gasteiger partial charge in [-0.15, -0.1) is 0 Å². The zero-order valence-electron chi connectivity index (χ0n) is 13.1. The zero-order valence-corrected chi connectivity index (χ0v) is 13.1. The second-order valence-corrected chi connectivity index (χ2v) is 5.71. The van der Waals surface area contributed by atoms with Crippen molar-refractivity contribution in [2.45, 2.75) is 70.8 Å². The summed E-state index contributed by atoms with van der Waals surface area (Å²) < 4.78 is 0. The summed E-state index contributed by atoms with van der Waals surface area (Å²) in [5.41, 5.74) is 2.24. The highest BCUT2D eigenvalue weighted by Crippen LogP contribution is 2.21. The maximum atomic E-state index is 10.4. The number of carboxylic acids is 1. The summed E-state index contributed by atoms with van der Waals surface area (Å²) in [4.78, 5) is 10.4. The van der Waals surface area contributed by atoms with E-state index >= 15 is 0 Å². The number of aliphatic hydroxyl groups is 1. The van der Waals surface area contributed by atoms with Crippen LogP contribution in [-0.4, -0.2) is 16.2 Å². The molecule has 0 radical (unpaired) electrons. The average Bonchev–Trinajstić information content (AvgIpc) is 2.47. The van der Waals surface area contributed by atoms with Crippen molar-refractivity contribution in [2.24, 2.45) is 0 Å². The smallest absolute Gasteiger partial charge is 0.303 e. The first kappa shape index (κ1) is 17.7. The number of unbranched alkanes of at least 4 members (excludes halogenated alkanes) is 4. The molecule has 0 aliphatic carbocycles. The zero-order chi connectivity index (χ0) is 15.5. The van der Waals surface area contributed by atoms with Gasteiger partial charge in [-0.1, -0.05) is 56.9 Å². The number of aliphatic hydroxyl groups excluding tert-OH is 1. The first-order valence-electron chi connectivity index (χ1n) is 8.12. The van der Waals surface area contributed by atoms with Gasteiger partial charge in [0.2, 0.25) is 0 Å². The molecule has 1 atom stereocenters. The van der Waals surface area contributed by atoms with Crippen LogP contribution in [0.5, 0.6) is 0 Å². The van der Waals surface area contributed by atoms with Crippen molar-refractivity contribution in [1.82, 2.24) is 0 Å². The van der Waals surface area contributed by atoms with E-state index in [4.69, 9.17) is 5.11 Å². The lowest BCUT2D eigenvalue weighted by atomic mass is 9.99. The number of aliphatic carboxylic acids is 1. The minimum absolute atomic E-state index is 0.260. The van der Waals surface area contributed by atoms with Gasteiger partial charge in [0.25, 0.3) is 0 Å². The van der Waals surface area contributed by atoms with Crippen LogP contribution >= 0.6 is 0 Å². The van der Waals surface area contributed by atoms with Gasteiger partial charge in [-0.3, -0.25) is 4.79 Å². The topological polar surface area (TPSA) is 57.5 Å². The highest BCUT2D eigenvalue weighted by molar-refractivity contribution is 5.66. The van der Waals surface area contributed by atoms with Crippen LogP contribution in [0.15, 0.2) is 24.3 Å². The third kappa shape index (κ3) is 7.86. The molecule has 3 heteroatoms. The molecule has 2 N–H and O–H groups in total. The Labute approximate surface area is 128 Å². The summed E-state index contributed by atoms with van der Waals surface area (Å²) in [6, 6.07) is 8.17. The minimum Gasteiger partial charge on any atom is -0.481 e. The van der Waals surface area contributed by atoms with E-state index in [9.17, 15) is 9.90 Å². The molecule has 0 bridgehead atoms. The lowest BCUT2D eigenvalue weighted by Crippen LogP contribution is -1.99. The maximum Gasteiger partial charge on any atom is 0.303 e. The number of hydrogen-bond acceptors (Lipinski definition) is 2. The highest BCUT2D eigenvalue weighted by Gasteiger charge is 2.07. The molecule has 118 valence electrons. The monoisotopic (exact) mass is 292 g/mol. The molecule has 0 heterocycles. The van der Waals surface area contributed by atoms with Crippen LogP contribution in [0, 0.1) is 0 Å². The van der Waals surface area contributed by atoms with Gasteiger partial charge in [-0.25, -0.2) is 0 Å². The number of benzene rings is 1. The number of rotatable bonds is 11. The Morgan fingerprint density at radius 2 is 1.95 bits per heavy atom. The largest absolute Gasteiger partial charge is 0.481 e. The summed E-state index contributed by atoms with van der Waals surface area (Å²) >= 11 is 0. The molecule has 1 aromatic rings. The van der Waals surface area contributed by atoms with Crippen LogP contribution in [-0.2, 0) is 11.2 Å². The second-order valence-electron chi connectivity index (χ2n) is 5.71. The fourth-order valence-electron chi connectivity index (χ4n) is 2.49. The Kier molecular flexibility index (Phi) is 8.76. The molecule has 1 rings (SSSR count). The van der Waals surface area contributed by atoms with Gasteiger partial charge in [0.15, 0.2) is 0 Å². The van der Waals surface area contributed by atoms with E-state index in [1.54, 1.807) is 0 Å². The molecule has 0 saturated heterocycles. The van der Waals surface area contributed by atoms with Crippen molar-refractivity contribution in [1.29, 1.82) is 0 Å². The van der Waals surface area contributed by atoms with E-state index in [1.165, 1.54) is 18.4 Å². The average molecular weight is 292 g/mol. The Morgan fingerprint density at radius 3 is 2.67 bits per heavy atom. The van der Waals surface area contributed by atoms with E-state index in [0.717, 1.165) is 44.1 Å². The second kappa shape index (κ2) is 10.4. The minimum atomic E-state index is -0.716. The van der Waals surface area contributed by atoms with Crippen LogP contribution in [0.4, 0.5) is 0 Å². The molecule has 0 aromatic heterocycles. The van der Waals surface area contributed by atoms with Crippen molar-refractivity contribution < 1.29 is 15.0 Å². The fourth-order valence-corrected chi connectivity index (χ4v) is 2.49. The predicted molar refractivity (Wildman–Crippen MR) is 85.4 cm³/mol. The van der Waals surface area contributed by atoms with E-state index in [-0.39, 0.29) is 12.5 Å². The summed E-state index contributed by atoms with van der Waals surface area (Å²) in [7, 11) is 0. The Morgan fingerprint density at radius 1 is 1.14 bits per heavy atom. The first-order valence-corrected chi connectivity index (χ1v) is 8.12. The third-order valence-corrected chi connectivity index (χ3v) is 3.77. The molecule has 1 aromatic carbocycles. The molecular formula is C18H28O3. The van der Waals surface area contributed by atoms with Gasteiger partial charge < -0.3 is 10.2 Å². The molecule has 0 aliphatic heterocycles. The van der Waals surface area contributed by atoms with Crippen molar-refractivity contribution in [3.05, 3.63) is 35.4 Å². The van der Waals surface area contributed by atoms with Crippen LogP contribution < -0.4 is 0 Å². The van der Waals surface area contributed by atoms with Crippen molar-refractivity contribution >= 4 is 5.97 Å². The summed E-state index contributed by atoms with van der Waals surface area (Å²) in [6.07, 6.45) is 7.78. The quantitative estimate of drug-likeness (QED) is 0.591. The van der Waals surface area contributed by atoms with E-state index < -0.39 is 5.97 Å². The van der Waals surface area contributed by atoms with Crippen LogP contribution in [0.2, 0.25) is 0 Å². The number of carbonyl (C=O) groups is 1. The Balaban J connectivity index is 2.35. The van der Waals surface area contributed by atoms with E-state index in [1.807, 2.05) is 12.1 Å². The Bertz CT molecular complexity index is 415. The van der Waals surface area contributed by atoms with Gasteiger partial charge in [0, 0.05) is 6.42 Å². The fraction of sp³-hybridized carbons (Fsp3) is 0.611. The van der Waals surface area contributed by atoms with Crippen molar-refractivity contribution in [3.63, 3.8) is 0 Å². The first-order chi connectivity index (χ1) is 10.1. The highest BCUT2D eigenvalue weighted by atomic mass is 16.4. The molecule has 3 nitrogen and oxygen atoms in total. The van der Waals surface area contributed by atoms with Gasteiger partial charge in [-0.2, -0.15) is 0 Å². The van der Waals surface area contributed by atoms with Gasteiger partial charge in [-0.05, 0) is 36.8 Å². The van der Waals surface area contributed by atoms with Crippen molar-refractivity contribution in [2.75, 3.05) is 0 Å². The predicted octanol–water partition coefficient (Wildman–Crippen LogP) is 4.49. The summed E-state index contributed by atoms with van der Waals surface area (Å²) in [5.74, 6) is -0.716. The van der Waals surface area contributed by atoms with E-state index in [0.29, 0.717) is 0 Å². The standard InChI is InChI=1S/C18H28O3/c1-2-3-5-12-17(19)16-11-8-10-15(14-16)9-6-4-7-13-18(20)21/h8,10-11,14,17,19H,2-7,9,12-13H2,1H3,(H,20,21). The SMILES string of the molecule is CCCCCC(O)c1cccc(CCCCCC(=O)O)c1. The molecule has 0 fully saturated rings. The van der Waals surface area contributed by atoms with Crippen LogP contribution in [0.25, 0.3) is 0 Å². The maximum absolute atomic E-state index is 10.4. The molecule has 0 aliphatic rings. The van der Waals surface area contributed by atoms with Crippen LogP contribution in [0.1, 0.15) is 75.5 Å². The number of aryl methyl sites for hydroxylation is 1. The number of hydrogen-bond donors (Lipinski definition) is 2. The molecular weight excluding hydrogens is 264 g/mol. The molecule has 0 spiro atoms. The lowest BCUT2D eigenvalue weighted by Gasteiger charge is -2.12. The molecule has 21 heavy (non-hydrogen) atoms. The third-order valence-electron chi connectivity index (χ3n) is 3.77. The molecule has 0 saturated carbocycles. The van der Waals surface area contributed by atoms with Gasteiger partial charge in [0.05, 0.1) is 6.10 Å². The summed E-state index contributed by atoms with van der Waals surface area (Å²) in [5, 5.41) is 18.8. The molecule has 0 amide bonds. The molecule has 1 unspecified atom stereocenters. The Hall–Kier alpha value is -1.35. The van der Waals surface area contributed by atoms with Gasteiger partial charge >= 0.3 is 5.97 Å². The number of carboxylic acid groups (broad SMARTS) is 1. The summed E-state index contributed by atoms with van der Waals surface area (Å²) in [6.45, 7) is 2.16. The van der Waals surface area contributed by atoms with E-state index in [2.05, 4.69) is 19.1 Å². The van der Waals surface area contributed by atoms with Crippen LogP contribution in [0.3, 0.4) is 0 Å². The lowest BCUT2D eigenvalue weighted by molar-refractivity contribution is -0.137. The van der Waals surface area contributed by atoms with Crippen molar-refractivity contribution in [3.8, 4) is 0 Å².